The van der Waals surface area contributed by atoms with E-state index < -0.39 is 0 Å². The fourth-order valence-electron chi connectivity index (χ4n) is 3.60. The third-order valence-electron chi connectivity index (χ3n) is 4.65. The summed E-state index contributed by atoms with van der Waals surface area (Å²) in [6.45, 7) is 3.38. The summed E-state index contributed by atoms with van der Waals surface area (Å²) in [7, 11) is 0. The number of amides is 1. The molecule has 1 aliphatic heterocycles. The molecule has 2 aliphatic carbocycles. The van der Waals surface area contributed by atoms with Crippen LogP contribution >= 0.6 is 11.6 Å². The second kappa shape index (κ2) is 4.43. The fourth-order valence-corrected chi connectivity index (χ4v) is 3.78. The summed E-state index contributed by atoms with van der Waals surface area (Å²) < 4.78 is 5.59. The van der Waals surface area contributed by atoms with Gasteiger partial charge in [0.15, 0.2) is 0 Å². The van der Waals surface area contributed by atoms with Gasteiger partial charge in [-0.05, 0) is 31.6 Å². The number of fused-ring (bicyclic) bond motifs is 1. The zero-order chi connectivity index (χ0) is 12.0. The number of alkyl halides is 1. The quantitative estimate of drug-likeness (QED) is 0.707. The SMILES string of the molecule is CC1COC(CCl)CN1C(=O)C1C2CCCC21. The number of morpholine rings is 1. The van der Waals surface area contributed by atoms with Gasteiger partial charge in [-0.15, -0.1) is 11.6 Å². The number of hydrogen-bond donors (Lipinski definition) is 0. The second-order valence-electron chi connectivity index (χ2n) is 5.73. The minimum Gasteiger partial charge on any atom is -0.373 e. The Balaban J connectivity index is 1.64. The van der Waals surface area contributed by atoms with Gasteiger partial charge in [0.05, 0.1) is 24.6 Å². The number of ether oxygens (including phenoxy) is 1. The molecule has 96 valence electrons. The molecule has 3 rings (SSSR count). The predicted molar refractivity (Wildman–Crippen MR) is 66.0 cm³/mol. The molecule has 17 heavy (non-hydrogen) atoms. The van der Waals surface area contributed by atoms with Gasteiger partial charge in [0.2, 0.25) is 5.91 Å². The minimum absolute atomic E-state index is 0.0235. The van der Waals surface area contributed by atoms with Gasteiger partial charge in [0.1, 0.15) is 0 Å². The monoisotopic (exact) mass is 257 g/mol. The number of rotatable bonds is 2. The smallest absolute Gasteiger partial charge is 0.226 e. The van der Waals surface area contributed by atoms with Crippen LogP contribution in [0.1, 0.15) is 26.2 Å². The molecule has 2 saturated carbocycles. The average Bonchev–Trinajstić information content (AvgIpc) is 2.82. The first-order valence-corrected chi connectivity index (χ1v) is 7.24. The molecule has 4 atom stereocenters. The summed E-state index contributed by atoms with van der Waals surface area (Å²) in [5.41, 5.74) is 0. The van der Waals surface area contributed by atoms with Gasteiger partial charge in [0.25, 0.3) is 0 Å². The Morgan fingerprint density at radius 2 is 2.12 bits per heavy atom. The number of nitrogens with zero attached hydrogens (tertiary/aromatic N) is 1. The summed E-state index contributed by atoms with van der Waals surface area (Å²) in [5.74, 6) is 2.58. The molecule has 0 spiro atoms. The normalized spacial score (nSPS) is 44.6. The van der Waals surface area contributed by atoms with Crippen molar-refractivity contribution < 1.29 is 9.53 Å². The summed E-state index contributed by atoms with van der Waals surface area (Å²) >= 11 is 5.83. The molecule has 0 aromatic rings. The third kappa shape index (κ3) is 1.97. The van der Waals surface area contributed by atoms with Crippen LogP contribution in [0.15, 0.2) is 0 Å². The maximum absolute atomic E-state index is 12.5. The molecule has 3 nitrogen and oxygen atoms in total. The van der Waals surface area contributed by atoms with Gasteiger partial charge < -0.3 is 9.64 Å². The summed E-state index contributed by atoms with van der Waals surface area (Å²) in [6.07, 6.45) is 3.87. The van der Waals surface area contributed by atoms with Gasteiger partial charge in [0, 0.05) is 12.5 Å². The average molecular weight is 258 g/mol. The van der Waals surface area contributed by atoms with Crippen molar-refractivity contribution in [1.29, 1.82) is 0 Å². The lowest BCUT2D eigenvalue weighted by atomic mass is 10.1. The van der Waals surface area contributed by atoms with Crippen molar-refractivity contribution in [1.82, 2.24) is 4.90 Å². The topological polar surface area (TPSA) is 29.5 Å². The van der Waals surface area contributed by atoms with E-state index in [1.54, 1.807) is 0 Å². The van der Waals surface area contributed by atoms with Crippen LogP contribution in [0.2, 0.25) is 0 Å². The maximum atomic E-state index is 12.5. The Kier molecular flexibility index (Phi) is 3.07. The minimum atomic E-state index is 0.0235. The number of hydrogen-bond acceptors (Lipinski definition) is 2. The van der Waals surface area contributed by atoms with Crippen molar-refractivity contribution in [2.45, 2.75) is 38.3 Å². The third-order valence-corrected chi connectivity index (χ3v) is 5.00. The lowest BCUT2D eigenvalue weighted by molar-refractivity contribution is -0.145. The lowest BCUT2D eigenvalue weighted by Gasteiger charge is -2.38. The Morgan fingerprint density at radius 1 is 1.41 bits per heavy atom. The second-order valence-corrected chi connectivity index (χ2v) is 6.04. The first-order valence-electron chi connectivity index (χ1n) is 6.70. The highest BCUT2D eigenvalue weighted by Crippen LogP contribution is 2.58. The molecule has 1 amide bonds. The van der Waals surface area contributed by atoms with E-state index >= 15 is 0 Å². The molecule has 3 aliphatic rings. The van der Waals surface area contributed by atoms with E-state index in [0.717, 1.165) is 0 Å². The Morgan fingerprint density at radius 3 is 2.76 bits per heavy atom. The fraction of sp³-hybridized carbons (Fsp3) is 0.923. The molecule has 1 saturated heterocycles. The first kappa shape index (κ1) is 11.8. The van der Waals surface area contributed by atoms with Crippen molar-refractivity contribution in [2.75, 3.05) is 19.0 Å². The molecule has 1 heterocycles. The van der Waals surface area contributed by atoms with E-state index in [1.165, 1.54) is 19.3 Å². The van der Waals surface area contributed by atoms with Crippen molar-refractivity contribution in [3.63, 3.8) is 0 Å². The van der Waals surface area contributed by atoms with Crippen molar-refractivity contribution >= 4 is 17.5 Å². The summed E-state index contributed by atoms with van der Waals surface area (Å²) in [4.78, 5) is 14.5. The highest BCUT2D eigenvalue weighted by atomic mass is 35.5. The van der Waals surface area contributed by atoms with Crippen LogP contribution in [0.25, 0.3) is 0 Å². The zero-order valence-corrected chi connectivity index (χ0v) is 11.0. The highest BCUT2D eigenvalue weighted by Gasteiger charge is 2.58. The van der Waals surface area contributed by atoms with E-state index in [2.05, 4.69) is 6.92 Å². The number of carbonyl (C=O) groups excluding carboxylic acids is 1. The van der Waals surface area contributed by atoms with Crippen LogP contribution in [0.3, 0.4) is 0 Å². The van der Waals surface area contributed by atoms with Gasteiger partial charge in [-0.25, -0.2) is 0 Å². The molecule has 3 fully saturated rings. The molecule has 0 N–H and O–H groups in total. The first-order chi connectivity index (χ1) is 8.22. The van der Waals surface area contributed by atoms with Crippen molar-refractivity contribution in [2.24, 2.45) is 17.8 Å². The molecule has 0 bridgehead atoms. The summed E-state index contributed by atoms with van der Waals surface area (Å²) in [5, 5.41) is 0. The highest BCUT2D eigenvalue weighted by molar-refractivity contribution is 6.18. The number of halogens is 1. The van der Waals surface area contributed by atoms with E-state index in [1.807, 2.05) is 4.90 Å². The van der Waals surface area contributed by atoms with Gasteiger partial charge in [-0.3, -0.25) is 4.79 Å². The molecule has 0 radical (unpaired) electrons. The van der Waals surface area contributed by atoms with Crippen LogP contribution in [-0.4, -0.2) is 42.0 Å². The van der Waals surface area contributed by atoms with Crippen LogP contribution in [0, 0.1) is 17.8 Å². The molecule has 4 unspecified atom stereocenters. The van der Waals surface area contributed by atoms with E-state index in [9.17, 15) is 4.79 Å². The van der Waals surface area contributed by atoms with E-state index in [0.29, 0.717) is 42.7 Å². The standard InChI is InChI=1S/C13H20ClNO2/c1-8-7-17-9(5-14)6-15(8)13(16)12-10-3-2-4-11(10)12/h8-12H,2-7H2,1H3. The molecule has 0 aromatic carbocycles. The van der Waals surface area contributed by atoms with Crippen molar-refractivity contribution in [3.8, 4) is 0 Å². The van der Waals surface area contributed by atoms with Crippen LogP contribution < -0.4 is 0 Å². The Labute approximate surface area is 107 Å². The van der Waals surface area contributed by atoms with Crippen LogP contribution in [-0.2, 0) is 9.53 Å². The van der Waals surface area contributed by atoms with Crippen LogP contribution in [0.5, 0.6) is 0 Å². The van der Waals surface area contributed by atoms with E-state index in [4.69, 9.17) is 16.3 Å². The van der Waals surface area contributed by atoms with Gasteiger partial charge >= 0.3 is 0 Å². The Hall–Kier alpha value is -0.280. The molecule has 0 aromatic heterocycles. The predicted octanol–water partition coefficient (Wildman–Crippen LogP) is 1.89. The molecule has 4 heteroatoms. The van der Waals surface area contributed by atoms with Gasteiger partial charge in [-0.2, -0.15) is 0 Å². The zero-order valence-electron chi connectivity index (χ0n) is 10.3. The van der Waals surface area contributed by atoms with E-state index in [-0.39, 0.29) is 12.1 Å². The van der Waals surface area contributed by atoms with Gasteiger partial charge in [-0.1, -0.05) is 6.42 Å². The largest absolute Gasteiger partial charge is 0.373 e. The van der Waals surface area contributed by atoms with Crippen molar-refractivity contribution in [3.05, 3.63) is 0 Å². The Bertz CT molecular complexity index is 313. The molecular weight excluding hydrogens is 238 g/mol. The number of carbonyl (C=O) groups is 1. The maximum Gasteiger partial charge on any atom is 0.226 e. The summed E-state index contributed by atoms with van der Waals surface area (Å²) in [6, 6.07) is 0.211. The lowest BCUT2D eigenvalue weighted by Crippen LogP contribution is -2.52. The van der Waals surface area contributed by atoms with Crippen LogP contribution in [0.4, 0.5) is 0 Å². The molecular formula is C13H20ClNO2.